The molecule has 2 unspecified atom stereocenters. The Bertz CT molecular complexity index is 509. The molecule has 0 spiro atoms. The summed E-state index contributed by atoms with van der Waals surface area (Å²) in [6.45, 7) is 0. The standard InChI is InChI=1S/C13H12BrClO3/c14-7-10(16)13(17)12-6-5-11(18-12)8-1-3-9(15)4-2-8/h1-6,10,13,16-17H,7H2. The van der Waals surface area contributed by atoms with Crippen LogP contribution < -0.4 is 0 Å². The summed E-state index contributed by atoms with van der Waals surface area (Å²) >= 11 is 8.91. The molecule has 0 bridgehead atoms. The van der Waals surface area contributed by atoms with Crippen molar-refractivity contribution in [2.75, 3.05) is 5.33 Å². The second kappa shape index (κ2) is 5.89. The van der Waals surface area contributed by atoms with Gasteiger partial charge in [-0.15, -0.1) is 0 Å². The number of aliphatic hydroxyl groups is 2. The zero-order chi connectivity index (χ0) is 13.1. The number of halogens is 2. The molecule has 0 aliphatic heterocycles. The molecule has 3 nitrogen and oxygen atoms in total. The molecule has 5 heteroatoms. The summed E-state index contributed by atoms with van der Waals surface area (Å²) in [5, 5.41) is 20.3. The number of benzene rings is 1. The van der Waals surface area contributed by atoms with Gasteiger partial charge < -0.3 is 14.6 Å². The molecular weight excluding hydrogens is 319 g/mol. The van der Waals surface area contributed by atoms with Gasteiger partial charge in [-0.05, 0) is 36.4 Å². The van der Waals surface area contributed by atoms with Crippen molar-refractivity contribution in [3.8, 4) is 11.3 Å². The molecule has 18 heavy (non-hydrogen) atoms. The third-order valence-corrected chi connectivity index (χ3v) is 3.48. The lowest BCUT2D eigenvalue weighted by Crippen LogP contribution is -2.18. The van der Waals surface area contributed by atoms with Crippen LogP contribution in [0.2, 0.25) is 5.02 Å². The molecule has 1 aromatic heterocycles. The van der Waals surface area contributed by atoms with Gasteiger partial charge in [0, 0.05) is 15.9 Å². The fourth-order valence-corrected chi connectivity index (χ4v) is 2.04. The average molecular weight is 332 g/mol. The van der Waals surface area contributed by atoms with Crippen LogP contribution >= 0.6 is 27.5 Å². The lowest BCUT2D eigenvalue weighted by Gasteiger charge is -2.12. The maximum absolute atomic E-state index is 9.80. The molecule has 0 aliphatic carbocycles. The van der Waals surface area contributed by atoms with Crippen LogP contribution in [0.3, 0.4) is 0 Å². The van der Waals surface area contributed by atoms with E-state index >= 15 is 0 Å². The Morgan fingerprint density at radius 1 is 1.11 bits per heavy atom. The summed E-state index contributed by atoms with van der Waals surface area (Å²) in [5.74, 6) is 0.967. The molecule has 2 atom stereocenters. The summed E-state index contributed by atoms with van der Waals surface area (Å²) in [4.78, 5) is 0. The van der Waals surface area contributed by atoms with E-state index in [9.17, 15) is 10.2 Å². The van der Waals surface area contributed by atoms with E-state index in [1.165, 1.54) is 0 Å². The first kappa shape index (κ1) is 13.6. The van der Waals surface area contributed by atoms with Crippen molar-refractivity contribution in [3.05, 3.63) is 47.2 Å². The first-order valence-corrected chi connectivity index (χ1v) is 6.89. The van der Waals surface area contributed by atoms with Crippen molar-refractivity contribution >= 4 is 27.5 Å². The molecule has 0 radical (unpaired) electrons. The Morgan fingerprint density at radius 3 is 2.39 bits per heavy atom. The molecule has 2 N–H and O–H groups in total. The van der Waals surface area contributed by atoms with Crippen LogP contribution in [0.4, 0.5) is 0 Å². The van der Waals surface area contributed by atoms with Crippen LogP contribution in [-0.2, 0) is 0 Å². The Kier molecular flexibility index (Phi) is 4.45. The van der Waals surface area contributed by atoms with Crippen molar-refractivity contribution in [2.45, 2.75) is 12.2 Å². The molecule has 0 amide bonds. The number of alkyl halides is 1. The van der Waals surface area contributed by atoms with Gasteiger partial charge in [0.05, 0.1) is 6.10 Å². The van der Waals surface area contributed by atoms with Crippen molar-refractivity contribution in [2.24, 2.45) is 0 Å². The van der Waals surface area contributed by atoms with Gasteiger partial charge in [0.2, 0.25) is 0 Å². The highest BCUT2D eigenvalue weighted by Crippen LogP contribution is 2.28. The molecule has 1 aromatic carbocycles. The maximum atomic E-state index is 9.80. The highest BCUT2D eigenvalue weighted by Gasteiger charge is 2.20. The molecule has 2 aromatic rings. The fraction of sp³-hybridized carbons (Fsp3) is 0.231. The van der Waals surface area contributed by atoms with E-state index in [4.69, 9.17) is 16.0 Å². The van der Waals surface area contributed by atoms with Crippen LogP contribution in [0.1, 0.15) is 11.9 Å². The Balaban J connectivity index is 2.22. The summed E-state index contributed by atoms with van der Waals surface area (Å²) in [5.41, 5.74) is 0.867. The number of hydrogen-bond donors (Lipinski definition) is 2. The Hall–Kier alpha value is -0.810. The summed E-state index contributed by atoms with van der Waals surface area (Å²) in [6, 6.07) is 10.6. The van der Waals surface area contributed by atoms with E-state index < -0.39 is 12.2 Å². The molecule has 0 aliphatic rings. The molecule has 0 saturated heterocycles. The monoisotopic (exact) mass is 330 g/mol. The number of rotatable bonds is 4. The SMILES string of the molecule is OC(CBr)C(O)c1ccc(-c2ccc(Cl)cc2)o1. The fourth-order valence-electron chi connectivity index (χ4n) is 1.56. The average Bonchev–Trinajstić information content (AvgIpc) is 2.87. The van der Waals surface area contributed by atoms with E-state index in [1.807, 2.05) is 12.1 Å². The zero-order valence-electron chi connectivity index (χ0n) is 9.38. The van der Waals surface area contributed by atoms with Gasteiger partial charge in [0.25, 0.3) is 0 Å². The van der Waals surface area contributed by atoms with Crippen molar-refractivity contribution < 1.29 is 14.6 Å². The lowest BCUT2D eigenvalue weighted by atomic mass is 10.2. The summed E-state index contributed by atoms with van der Waals surface area (Å²) in [6.07, 6.45) is -1.93. The van der Waals surface area contributed by atoms with Gasteiger partial charge in [-0.3, -0.25) is 0 Å². The summed E-state index contributed by atoms with van der Waals surface area (Å²) in [7, 11) is 0. The molecule has 0 fully saturated rings. The molecule has 2 rings (SSSR count). The predicted octanol–water partition coefficient (Wildman–Crippen LogP) is 3.39. The van der Waals surface area contributed by atoms with E-state index in [-0.39, 0.29) is 5.33 Å². The minimum Gasteiger partial charge on any atom is -0.458 e. The predicted molar refractivity (Wildman–Crippen MR) is 73.9 cm³/mol. The zero-order valence-corrected chi connectivity index (χ0v) is 11.7. The van der Waals surface area contributed by atoms with Crippen LogP contribution in [0.25, 0.3) is 11.3 Å². The number of furan rings is 1. The smallest absolute Gasteiger partial charge is 0.138 e. The minimum absolute atomic E-state index is 0.283. The van der Waals surface area contributed by atoms with Gasteiger partial charge >= 0.3 is 0 Å². The highest BCUT2D eigenvalue weighted by atomic mass is 79.9. The van der Waals surface area contributed by atoms with Crippen LogP contribution in [0.5, 0.6) is 0 Å². The maximum Gasteiger partial charge on any atom is 0.138 e. The second-order valence-corrected chi connectivity index (χ2v) is 4.96. The number of aliphatic hydroxyl groups excluding tert-OH is 2. The van der Waals surface area contributed by atoms with E-state index in [0.29, 0.717) is 16.5 Å². The van der Waals surface area contributed by atoms with E-state index in [2.05, 4.69) is 15.9 Å². The molecule has 0 saturated carbocycles. The van der Waals surface area contributed by atoms with Gasteiger partial charge in [-0.1, -0.05) is 27.5 Å². The molecular formula is C13H12BrClO3. The van der Waals surface area contributed by atoms with E-state index in [0.717, 1.165) is 5.56 Å². The first-order chi connectivity index (χ1) is 8.61. The van der Waals surface area contributed by atoms with Gasteiger partial charge in [-0.2, -0.15) is 0 Å². The third-order valence-electron chi connectivity index (χ3n) is 2.57. The Morgan fingerprint density at radius 2 is 1.78 bits per heavy atom. The van der Waals surface area contributed by atoms with Gasteiger partial charge in [0.1, 0.15) is 17.6 Å². The highest BCUT2D eigenvalue weighted by molar-refractivity contribution is 9.09. The van der Waals surface area contributed by atoms with Crippen LogP contribution in [0.15, 0.2) is 40.8 Å². The van der Waals surface area contributed by atoms with Crippen LogP contribution in [-0.4, -0.2) is 21.6 Å². The quantitative estimate of drug-likeness (QED) is 0.844. The van der Waals surface area contributed by atoms with Crippen LogP contribution in [0, 0.1) is 0 Å². The Labute approximate surface area is 118 Å². The largest absolute Gasteiger partial charge is 0.458 e. The van der Waals surface area contributed by atoms with Gasteiger partial charge in [0.15, 0.2) is 0 Å². The normalized spacial score (nSPS) is 14.4. The lowest BCUT2D eigenvalue weighted by molar-refractivity contribution is 0.0208. The minimum atomic E-state index is -1.04. The first-order valence-electron chi connectivity index (χ1n) is 5.39. The molecule has 96 valence electrons. The molecule has 1 heterocycles. The van der Waals surface area contributed by atoms with Gasteiger partial charge in [-0.25, -0.2) is 0 Å². The summed E-state index contributed by atoms with van der Waals surface area (Å²) < 4.78 is 5.52. The number of hydrogen-bond acceptors (Lipinski definition) is 3. The van der Waals surface area contributed by atoms with E-state index in [1.54, 1.807) is 24.3 Å². The topological polar surface area (TPSA) is 53.6 Å². The van der Waals surface area contributed by atoms with Crippen molar-refractivity contribution in [1.82, 2.24) is 0 Å². The van der Waals surface area contributed by atoms with Crippen molar-refractivity contribution in [1.29, 1.82) is 0 Å². The van der Waals surface area contributed by atoms with Crippen molar-refractivity contribution in [3.63, 3.8) is 0 Å². The third kappa shape index (κ3) is 2.95. The second-order valence-electron chi connectivity index (χ2n) is 3.88.